The van der Waals surface area contributed by atoms with Gasteiger partial charge in [-0.15, -0.1) is 0 Å². The van der Waals surface area contributed by atoms with Crippen LogP contribution in [0, 0.1) is 6.92 Å². The fourth-order valence-electron chi connectivity index (χ4n) is 2.26. The molecule has 0 unspecified atom stereocenters. The molecule has 0 aliphatic rings. The molecular formula is C19H22ClNO2. The SMILES string of the molecule is COc1cc(C(C)(C)C)ccc1NC(=O)c1cc(C)ccc1Cl. The van der Waals surface area contributed by atoms with Gasteiger partial charge in [0, 0.05) is 0 Å². The number of carbonyl (C=O) groups excluding carboxylic acids is 1. The van der Waals surface area contributed by atoms with Crippen molar-refractivity contribution >= 4 is 23.2 Å². The summed E-state index contributed by atoms with van der Waals surface area (Å²) < 4.78 is 5.42. The molecule has 0 spiro atoms. The molecule has 0 saturated carbocycles. The highest BCUT2D eigenvalue weighted by molar-refractivity contribution is 6.34. The Morgan fingerprint density at radius 1 is 1.13 bits per heavy atom. The molecule has 2 aromatic carbocycles. The average molecular weight is 332 g/mol. The summed E-state index contributed by atoms with van der Waals surface area (Å²) in [7, 11) is 1.59. The van der Waals surface area contributed by atoms with Gasteiger partial charge in [-0.25, -0.2) is 0 Å². The van der Waals surface area contributed by atoms with E-state index >= 15 is 0 Å². The van der Waals surface area contributed by atoms with Crippen LogP contribution in [0.15, 0.2) is 36.4 Å². The number of carbonyl (C=O) groups is 1. The zero-order valence-electron chi connectivity index (χ0n) is 14.2. The van der Waals surface area contributed by atoms with Crippen LogP contribution in [0.25, 0.3) is 0 Å². The smallest absolute Gasteiger partial charge is 0.257 e. The van der Waals surface area contributed by atoms with Crippen molar-refractivity contribution in [3.8, 4) is 5.75 Å². The van der Waals surface area contributed by atoms with Gasteiger partial charge in [-0.1, -0.05) is 50.1 Å². The van der Waals surface area contributed by atoms with Crippen LogP contribution in [0.3, 0.4) is 0 Å². The number of hydrogen-bond acceptors (Lipinski definition) is 2. The zero-order valence-corrected chi connectivity index (χ0v) is 14.9. The molecule has 0 aliphatic heterocycles. The third-order valence-corrected chi connectivity index (χ3v) is 4.01. The molecule has 0 bridgehead atoms. The highest BCUT2D eigenvalue weighted by Crippen LogP contribution is 2.32. The number of anilines is 1. The summed E-state index contributed by atoms with van der Waals surface area (Å²) in [5.41, 5.74) is 3.21. The fraction of sp³-hybridized carbons (Fsp3) is 0.316. The van der Waals surface area contributed by atoms with Gasteiger partial charge in [-0.2, -0.15) is 0 Å². The lowest BCUT2D eigenvalue weighted by Crippen LogP contribution is -2.15. The van der Waals surface area contributed by atoms with Gasteiger partial charge in [-0.05, 0) is 42.2 Å². The van der Waals surface area contributed by atoms with Gasteiger partial charge in [-0.3, -0.25) is 4.79 Å². The second kappa shape index (κ2) is 6.63. The summed E-state index contributed by atoms with van der Waals surface area (Å²) in [6, 6.07) is 11.2. The maximum atomic E-state index is 12.5. The van der Waals surface area contributed by atoms with Crippen molar-refractivity contribution in [1.82, 2.24) is 0 Å². The van der Waals surface area contributed by atoms with E-state index < -0.39 is 0 Å². The molecule has 0 radical (unpaired) electrons. The van der Waals surface area contributed by atoms with Crippen molar-refractivity contribution in [2.75, 3.05) is 12.4 Å². The number of benzene rings is 2. The summed E-state index contributed by atoms with van der Waals surface area (Å²) in [5.74, 6) is 0.384. The number of nitrogens with one attached hydrogen (secondary N) is 1. The topological polar surface area (TPSA) is 38.3 Å². The van der Waals surface area contributed by atoms with Crippen LogP contribution < -0.4 is 10.1 Å². The van der Waals surface area contributed by atoms with Crippen LogP contribution >= 0.6 is 11.6 Å². The van der Waals surface area contributed by atoms with Gasteiger partial charge >= 0.3 is 0 Å². The molecule has 0 atom stereocenters. The highest BCUT2D eigenvalue weighted by atomic mass is 35.5. The minimum absolute atomic E-state index is 0.00959. The Bertz CT molecular complexity index is 733. The normalized spacial score (nSPS) is 11.2. The van der Waals surface area contributed by atoms with E-state index in [1.165, 1.54) is 0 Å². The summed E-state index contributed by atoms with van der Waals surface area (Å²) in [6.45, 7) is 8.32. The van der Waals surface area contributed by atoms with E-state index in [4.69, 9.17) is 16.3 Å². The first kappa shape index (κ1) is 17.4. The molecule has 1 N–H and O–H groups in total. The quantitative estimate of drug-likeness (QED) is 0.838. The van der Waals surface area contributed by atoms with Crippen molar-refractivity contribution in [3.63, 3.8) is 0 Å². The molecule has 0 fully saturated rings. The Kier molecular flexibility index (Phi) is 5.00. The Balaban J connectivity index is 2.32. The lowest BCUT2D eigenvalue weighted by molar-refractivity contribution is 0.102. The van der Waals surface area contributed by atoms with Gasteiger partial charge in [0.15, 0.2) is 0 Å². The number of halogens is 1. The van der Waals surface area contributed by atoms with Gasteiger partial charge in [0.1, 0.15) is 5.75 Å². The molecule has 0 aromatic heterocycles. The van der Waals surface area contributed by atoms with Crippen LogP contribution in [0.1, 0.15) is 42.3 Å². The first-order valence-corrected chi connectivity index (χ1v) is 7.86. The van der Waals surface area contributed by atoms with E-state index in [0.717, 1.165) is 11.1 Å². The van der Waals surface area contributed by atoms with Crippen molar-refractivity contribution < 1.29 is 9.53 Å². The monoisotopic (exact) mass is 331 g/mol. The van der Waals surface area contributed by atoms with Crippen molar-refractivity contribution in [2.45, 2.75) is 33.1 Å². The molecule has 3 nitrogen and oxygen atoms in total. The second-order valence-corrected chi connectivity index (χ2v) is 7.01. The van der Waals surface area contributed by atoms with Crippen LogP contribution in [-0.4, -0.2) is 13.0 Å². The molecule has 4 heteroatoms. The van der Waals surface area contributed by atoms with Gasteiger partial charge in [0.25, 0.3) is 5.91 Å². The van der Waals surface area contributed by atoms with Crippen LogP contribution in [0.2, 0.25) is 5.02 Å². The Labute approximate surface area is 142 Å². The minimum Gasteiger partial charge on any atom is -0.495 e. The van der Waals surface area contributed by atoms with Crippen LogP contribution in [-0.2, 0) is 5.41 Å². The Morgan fingerprint density at radius 2 is 1.83 bits per heavy atom. The summed E-state index contributed by atoms with van der Waals surface area (Å²) in [6.07, 6.45) is 0. The number of ether oxygens (including phenoxy) is 1. The van der Waals surface area contributed by atoms with Crippen molar-refractivity contribution in [3.05, 3.63) is 58.1 Å². The molecule has 1 amide bonds. The first-order valence-electron chi connectivity index (χ1n) is 7.48. The maximum absolute atomic E-state index is 12.5. The molecule has 0 saturated heterocycles. The Hall–Kier alpha value is -2.00. The largest absolute Gasteiger partial charge is 0.495 e. The lowest BCUT2D eigenvalue weighted by atomic mass is 9.87. The first-order chi connectivity index (χ1) is 10.7. The zero-order chi connectivity index (χ0) is 17.2. The molecule has 122 valence electrons. The van der Waals surface area contributed by atoms with E-state index in [9.17, 15) is 4.79 Å². The van der Waals surface area contributed by atoms with Gasteiger partial charge < -0.3 is 10.1 Å². The summed E-state index contributed by atoms with van der Waals surface area (Å²) >= 11 is 6.12. The number of rotatable bonds is 3. The molecule has 23 heavy (non-hydrogen) atoms. The van der Waals surface area contributed by atoms with E-state index in [1.807, 2.05) is 31.2 Å². The van der Waals surface area contributed by atoms with Crippen molar-refractivity contribution in [2.24, 2.45) is 0 Å². The van der Waals surface area contributed by atoms with E-state index in [2.05, 4.69) is 26.1 Å². The van der Waals surface area contributed by atoms with Gasteiger partial charge in [0.2, 0.25) is 0 Å². The number of aryl methyl sites for hydroxylation is 1. The van der Waals surface area contributed by atoms with E-state index in [-0.39, 0.29) is 11.3 Å². The second-order valence-electron chi connectivity index (χ2n) is 6.60. The minimum atomic E-state index is -0.250. The van der Waals surface area contributed by atoms with E-state index in [1.54, 1.807) is 19.2 Å². The molecular weight excluding hydrogens is 310 g/mol. The fourth-order valence-corrected chi connectivity index (χ4v) is 2.47. The highest BCUT2D eigenvalue weighted by Gasteiger charge is 2.18. The number of methoxy groups -OCH3 is 1. The molecule has 2 aromatic rings. The number of hydrogen-bond donors (Lipinski definition) is 1. The standard InChI is InChI=1S/C19H22ClNO2/c1-12-6-8-15(20)14(10-12)18(22)21-16-9-7-13(19(2,3)4)11-17(16)23-5/h6-11H,1-5H3,(H,21,22). The lowest BCUT2D eigenvalue weighted by Gasteiger charge is -2.21. The number of amides is 1. The average Bonchev–Trinajstić information content (AvgIpc) is 2.48. The van der Waals surface area contributed by atoms with Crippen LogP contribution in [0.4, 0.5) is 5.69 Å². The Morgan fingerprint density at radius 3 is 2.43 bits per heavy atom. The maximum Gasteiger partial charge on any atom is 0.257 e. The molecule has 0 aliphatic carbocycles. The van der Waals surface area contributed by atoms with E-state index in [0.29, 0.717) is 22.0 Å². The van der Waals surface area contributed by atoms with Crippen LogP contribution in [0.5, 0.6) is 5.75 Å². The predicted molar refractivity (Wildman–Crippen MR) is 95.8 cm³/mol. The predicted octanol–water partition coefficient (Wildman–Crippen LogP) is 5.21. The summed E-state index contributed by atoms with van der Waals surface area (Å²) in [4.78, 5) is 12.5. The molecule has 0 heterocycles. The molecule has 2 rings (SSSR count). The third-order valence-electron chi connectivity index (χ3n) is 3.68. The van der Waals surface area contributed by atoms with Crippen molar-refractivity contribution in [1.29, 1.82) is 0 Å². The van der Waals surface area contributed by atoms with Gasteiger partial charge in [0.05, 0.1) is 23.4 Å². The summed E-state index contributed by atoms with van der Waals surface area (Å²) in [5, 5.41) is 3.31. The third kappa shape index (κ3) is 4.05.